The maximum absolute atomic E-state index is 12.8. The maximum atomic E-state index is 12.8. The molecular formula is C18H26Cl2N2O3S. The molecule has 1 aliphatic carbocycles. The van der Waals surface area contributed by atoms with Crippen molar-refractivity contribution in [2.45, 2.75) is 69.4 Å². The Balaban J connectivity index is 2.17. The van der Waals surface area contributed by atoms with Crippen molar-refractivity contribution >= 4 is 39.1 Å². The van der Waals surface area contributed by atoms with Gasteiger partial charge in [0.1, 0.15) is 10.9 Å². The average molecular weight is 421 g/mol. The molecule has 146 valence electrons. The van der Waals surface area contributed by atoms with E-state index in [1.165, 1.54) is 25.0 Å². The van der Waals surface area contributed by atoms with E-state index < -0.39 is 16.1 Å². The van der Waals surface area contributed by atoms with Gasteiger partial charge in [-0.1, -0.05) is 68.8 Å². The van der Waals surface area contributed by atoms with Gasteiger partial charge in [-0.05, 0) is 30.9 Å². The first-order valence-electron chi connectivity index (χ1n) is 8.99. The van der Waals surface area contributed by atoms with Gasteiger partial charge in [0.15, 0.2) is 0 Å². The first-order chi connectivity index (χ1) is 12.2. The fourth-order valence-electron chi connectivity index (χ4n) is 3.17. The minimum absolute atomic E-state index is 0.0247. The minimum Gasteiger partial charge on any atom is -0.352 e. The quantitative estimate of drug-likeness (QED) is 0.678. The molecule has 0 aromatic heterocycles. The molecule has 0 unspecified atom stereocenters. The number of amides is 1. The Bertz CT molecular complexity index is 710. The van der Waals surface area contributed by atoms with Crippen LogP contribution in [0.3, 0.4) is 0 Å². The maximum Gasteiger partial charge on any atom is 0.244 e. The number of hydrogen-bond acceptors (Lipinski definition) is 3. The van der Waals surface area contributed by atoms with Crippen molar-refractivity contribution in [3.05, 3.63) is 28.2 Å². The molecule has 5 nitrogen and oxygen atoms in total. The number of benzene rings is 1. The summed E-state index contributed by atoms with van der Waals surface area (Å²) in [6.45, 7) is 3.60. The Morgan fingerprint density at radius 3 is 2.12 bits per heavy atom. The lowest BCUT2D eigenvalue weighted by atomic mass is 10.0. The number of hydrogen-bond donors (Lipinski definition) is 2. The van der Waals surface area contributed by atoms with Crippen molar-refractivity contribution < 1.29 is 13.2 Å². The van der Waals surface area contributed by atoms with Crippen LogP contribution < -0.4 is 10.0 Å². The summed E-state index contributed by atoms with van der Waals surface area (Å²) >= 11 is 12.1. The predicted molar refractivity (Wildman–Crippen MR) is 105 cm³/mol. The smallest absolute Gasteiger partial charge is 0.244 e. The van der Waals surface area contributed by atoms with Crippen molar-refractivity contribution in [2.24, 2.45) is 5.92 Å². The van der Waals surface area contributed by atoms with E-state index in [9.17, 15) is 13.2 Å². The van der Waals surface area contributed by atoms with Crippen LogP contribution in [0.4, 0.5) is 0 Å². The standard InChI is InChI=1S/C18H26Cl2N2O3S/c1-12(2)16(18(23)21-13-8-5-3-4-6-9-13)22-26(24,25)17-14(19)10-7-11-15(17)20/h7,10-13,16,22H,3-6,8-9H2,1-2H3,(H,21,23)/t16-/m1/s1. The highest BCUT2D eigenvalue weighted by molar-refractivity contribution is 7.89. The molecule has 1 aromatic rings. The third-order valence-corrected chi connectivity index (χ3v) is 7.02. The van der Waals surface area contributed by atoms with Crippen LogP contribution in [0.15, 0.2) is 23.1 Å². The molecular weight excluding hydrogens is 395 g/mol. The molecule has 1 amide bonds. The molecule has 0 radical (unpaired) electrons. The highest BCUT2D eigenvalue weighted by Gasteiger charge is 2.31. The molecule has 0 saturated heterocycles. The largest absolute Gasteiger partial charge is 0.352 e. The zero-order valence-electron chi connectivity index (χ0n) is 15.1. The molecule has 0 aliphatic heterocycles. The fourth-order valence-corrected chi connectivity index (χ4v) is 5.66. The number of carbonyl (C=O) groups excluding carboxylic acids is 1. The Morgan fingerprint density at radius 1 is 1.08 bits per heavy atom. The van der Waals surface area contributed by atoms with Gasteiger partial charge in [-0.2, -0.15) is 4.72 Å². The second-order valence-electron chi connectivity index (χ2n) is 7.09. The molecule has 2 N–H and O–H groups in total. The van der Waals surface area contributed by atoms with Crippen molar-refractivity contribution in [1.29, 1.82) is 0 Å². The third kappa shape index (κ3) is 5.59. The number of rotatable bonds is 6. The van der Waals surface area contributed by atoms with Crippen molar-refractivity contribution in [3.8, 4) is 0 Å². The van der Waals surface area contributed by atoms with Gasteiger partial charge >= 0.3 is 0 Å². The van der Waals surface area contributed by atoms with Crippen molar-refractivity contribution in [2.75, 3.05) is 0 Å². The first kappa shape index (κ1) is 21.5. The molecule has 1 aromatic carbocycles. The zero-order valence-corrected chi connectivity index (χ0v) is 17.4. The summed E-state index contributed by atoms with van der Waals surface area (Å²) in [7, 11) is -4.03. The minimum atomic E-state index is -4.03. The Labute approximate surface area is 165 Å². The molecule has 0 heterocycles. The van der Waals surface area contributed by atoms with Crippen molar-refractivity contribution in [1.82, 2.24) is 10.0 Å². The zero-order chi connectivity index (χ0) is 19.3. The number of halogens is 2. The van der Waals surface area contributed by atoms with E-state index in [4.69, 9.17) is 23.2 Å². The summed E-state index contributed by atoms with van der Waals surface area (Å²) in [5, 5.41) is 3.06. The molecule has 8 heteroatoms. The van der Waals surface area contributed by atoms with Gasteiger partial charge in [0, 0.05) is 6.04 Å². The van der Waals surface area contributed by atoms with Gasteiger partial charge in [-0.25, -0.2) is 8.42 Å². The lowest BCUT2D eigenvalue weighted by Crippen LogP contribution is -2.52. The monoisotopic (exact) mass is 420 g/mol. The number of nitrogens with one attached hydrogen (secondary N) is 2. The summed E-state index contributed by atoms with van der Waals surface area (Å²) < 4.78 is 28.0. The van der Waals surface area contributed by atoms with E-state index in [-0.39, 0.29) is 32.8 Å². The molecule has 0 bridgehead atoms. The molecule has 1 aliphatic rings. The number of sulfonamides is 1. The summed E-state index contributed by atoms with van der Waals surface area (Å²) in [4.78, 5) is 12.5. The lowest BCUT2D eigenvalue weighted by Gasteiger charge is -2.25. The molecule has 2 rings (SSSR count). The van der Waals surface area contributed by atoms with Crippen LogP contribution in [0.25, 0.3) is 0 Å². The Morgan fingerprint density at radius 2 is 1.62 bits per heavy atom. The molecule has 1 fully saturated rings. The van der Waals surface area contributed by atoms with Gasteiger partial charge in [-0.3, -0.25) is 4.79 Å². The van der Waals surface area contributed by atoms with E-state index in [2.05, 4.69) is 10.0 Å². The average Bonchev–Trinajstić information content (AvgIpc) is 2.80. The Kier molecular flexibility index (Phi) is 7.76. The van der Waals surface area contributed by atoms with Gasteiger partial charge in [-0.15, -0.1) is 0 Å². The highest BCUT2D eigenvalue weighted by Crippen LogP contribution is 2.29. The van der Waals surface area contributed by atoms with E-state index in [1.54, 1.807) is 19.9 Å². The fraction of sp³-hybridized carbons (Fsp3) is 0.611. The van der Waals surface area contributed by atoms with Crippen molar-refractivity contribution in [3.63, 3.8) is 0 Å². The Hall–Kier alpha value is -0.820. The van der Waals surface area contributed by atoms with Crippen LogP contribution in [-0.4, -0.2) is 26.4 Å². The van der Waals surface area contributed by atoms with Crippen LogP contribution >= 0.6 is 23.2 Å². The van der Waals surface area contributed by atoms with Crippen LogP contribution in [0.5, 0.6) is 0 Å². The molecule has 0 spiro atoms. The summed E-state index contributed by atoms with van der Waals surface area (Å²) in [6.07, 6.45) is 6.38. The van der Waals surface area contributed by atoms with E-state index >= 15 is 0 Å². The van der Waals surface area contributed by atoms with E-state index in [0.29, 0.717) is 0 Å². The molecule has 26 heavy (non-hydrogen) atoms. The van der Waals surface area contributed by atoms with Gasteiger partial charge in [0.05, 0.1) is 10.0 Å². The van der Waals surface area contributed by atoms with Gasteiger partial charge in [0.2, 0.25) is 15.9 Å². The third-order valence-electron chi connectivity index (χ3n) is 4.62. The topological polar surface area (TPSA) is 75.3 Å². The molecule has 1 atom stereocenters. The second kappa shape index (κ2) is 9.40. The second-order valence-corrected chi connectivity index (χ2v) is 9.56. The normalized spacial score (nSPS) is 17.7. The van der Waals surface area contributed by atoms with Crippen LogP contribution in [0.2, 0.25) is 10.0 Å². The van der Waals surface area contributed by atoms with Crippen LogP contribution in [0.1, 0.15) is 52.4 Å². The predicted octanol–water partition coefficient (Wildman–Crippen LogP) is 4.14. The lowest BCUT2D eigenvalue weighted by molar-refractivity contribution is -0.124. The van der Waals surface area contributed by atoms with E-state index in [1.807, 2.05) is 0 Å². The SMILES string of the molecule is CC(C)[C@@H](NS(=O)(=O)c1c(Cl)cccc1Cl)C(=O)NC1CCCCCC1. The van der Waals surface area contributed by atoms with E-state index in [0.717, 1.165) is 25.7 Å². The number of carbonyl (C=O) groups is 1. The summed E-state index contributed by atoms with van der Waals surface area (Å²) in [5.74, 6) is -0.532. The first-order valence-corrected chi connectivity index (χ1v) is 11.2. The van der Waals surface area contributed by atoms with Gasteiger partial charge in [0.25, 0.3) is 0 Å². The summed E-state index contributed by atoms with van der Waals surface area (Å²) in [5.41, 5.74) is 0. The summed E-state index contributed by atoms with van der Waals surface area (Å²) in [6, 6.07) is 3.69. The highest BCUT2D eigenvalue weighted by atomic mass is 35.5. The van der Waals surface area contributed by atoms with Crippen LogP contribution in [0, 0.1) is 5.92 Å². The molecule has 1 saturated carbocycles. The van der Waals surface area contributed by atoms with Gasteiger partial charge < -0.3 is 5.32 Å². The van der Waals surface area contributed by atoms with Crippen LogP contribution in [-0.2, 0) is 14.8 Å².